The first-order chi connectivity index (χ1) is 14.7. The van der Waals surface area contributed by atoms with Gasteiger partial charge in [0.05, 0.1) is 12.1 Å². The molecular weight excluding hydrogens is 409 g/mol. The lowest BCUT2D eigenvalue weighted by Crippen LogP contribution is -2.40. The van der Waals surface area contributed by atoms with E-state index in [4.69, 9.17) is 4.74 Å². The monoisotopic (exact) mass is 432 g/mol. The number of carbonyl (C=O) groups is 1. The van der Waals surface area contributed by atoms with Crippen LogP contribution in [0.4, 0.5) is 13.2 Å². The third-order valence-corrected chi connectivity index (χ3v) is 4.89. The molecule has 1 unspecified atom stereocenters. The molecule has 0 radical (unpaired) electrons. The minimum Gasteiger partial charge on any atom is -0.491 e. The topological polar surface area (TPSA) is 62.1 Å². The van der Waals surface area contributed by atoms with E-state index < -0.39 is 17.8 Å². The maximum atomic E-state index is 12.9. The third-order valence-electron chi connectivity index (χ3n) is 4.89. The summed E-state index contributed by atoms with van der Waals surface area (Å²) < 4.78 is 43.4. The Morgan fingerprint density at radius 3 is 2.52 bits per heavy atom. The SMILES string of the molecule is Cc1ccccc1CN(CC(O)COc1ccc(C(F)(F)F)cc1)C(=O)C1=CN=CC1. The molecule has 1 heterocycles. The fourth-order valence-corrected chi connectivity index (χ4v) is 3.14. The second kappa shape index (κ2) is 9.78. The summed E-state index contributed by atoms with van der Waals surface area (Å²) in [4.78, 5) is 18.4. The van der Waals surface area contributed by atoms with Crippen molar-refractivity contribution < 1.29 is 27.8 Å². The van der Waals surface area contributed by atoms with Crippen molar-refractivity contribution in [2.45, 2.75) is 32.2 Å². The molecule has 1 atom stereocenters. The van der Waals surface area contributed by atoms with Gasteiger partial charge < -0.3 is 14.7 Å². The lowest BCUT2D eigenvalue weighted by Gasteiger charge is -2.26. The highest BCUT2D eigenvalue weighted by Gasteiger charge is 2.30. The number of hydrogen-bond donors (Lipinski definition) is 1. The first-order valence-electron chi connectivity index (χ1n) is 9.76. The summed E-state index contributed by atoms with van der Waals surface area (Å²) in [6.07, 6.45) is -1.87. The van der Waals surface area contributed by atoms with E-state index in [1.807, 2.05) is 31.2 Å². The van der Waals surface area contributed by atoms with Crippen LogP contribution in [0.1, 0.15) is 23.1 Å². The fraction of sp³-hybridized carbons (Fsp3) is 0.304. The van der Waals surface area contributed by atoms with Crippen LogP contribution in [-0.2, 0) is 17.5 Å². The number of ether oxygens (including phenoxy) is 1. The Morgan fingerprint density at radius 2 is 1.90 bits per heavy atom. The van der Waals surface area contributed by atoms with E-state index >= 15 is 0 Å². The van der Waals surface area contributed by atoms with Gasteiger partial charge in [-0.1, -0.05) is 24.3 Å². The van der Waals surface area contributed by atoms with Crippen LogP contribution in [0.5, 0.6) is 5.75 Å². The number of aryl methyl sites for hydroxylation is 1. The van der Waals surface area contributed by atoms with Crippen molar-refractivity contribution in [1.82, 2.24) is 4.90 Å². The van der Waals surface area contributed by atoms with Crippen LogP contribution in [0, 0.1) is 6.92 Å². The lowest BCUT2D eigenvalue weighted by molar-refractivity contribution is -0.137. The third kappa shape index (κ3) is 6.18. The van der Waals surface area contributed by atoms with Gasteiger partial charge in [0.2, 0.25) is 0 Å². The van der Waals surface area contributed by atoms with Gasteiger partial charge in [0.15, 0.2) is 0 Å². The Morgan fingerprint density at radius 1 is 1.19 bits per heavy atom. The summed E-state index contributed by atoms with van der Waals surface area (Å²) in [6, 6.07) is 11.9. The lowest BCUT2D eigenvalue weighted by atomic mass is 10.1. The Labute approximate surface area is 178 Å². The van der Waals surface area contributed by atoms with E-state index in [1.165, 1.54) is 23.2 Å². The number of aliphatic imine (C=N–C) groups is 1. The summed E-state index contributed by atoms with van der Waals surface area (Å²) in [5.41, 5.74) is 1.73. The zero-order valence-corrected chi connectivity index (χ0v) is 17.0. The predicted octanol–water partition coefficient (Wildman–Crippen LogP) is 4.14. The zero-order valence-electron chi connectivity index (χ0n) is 17.0. The van der Waals surface area contributed by atoms with Crippen molar-refractivity contribution in [3.05, 3.63) is 77.0 Å². The van der Waals surface area contributed by atoms with Crippen molar-refractivity contribution >= 4 is 12.1 Å². The Kier molecular flexibility index (Phi) is 7.12. The van der Waals surface area contributed by atoms with Crippen LogP contribution in [0.3, 0.4) is 0 Å². The van der Waals surface area contributed by atoms with E-state index in [2.05, 4.69) is 4.99 Å². The molecule has 0 aliphatic carbocycles. The van der Waals surface area contributed by atoms with Crippen LogP contribution in [0.25, 0.3) is 0 Å². The number of hydrogen-bond acceptors (Lipinski definition) is 4. The number of amides is 1. The zero-order chi connectivity index (χ0) is 22.4. The molecule has 0 aromatic heterocycles. The van der Waals surface area contributed by atoms with Gasteiger partial charge in [-0.25, -0.2) is 0 Å². The van der Waals surface area contributed by atoms with Crippen LogP contribution < -0.4 is 4.74 Å². The summed E-state index contributed by atoms with van der Waals surface area (Å²) in [5.74, 6) is -0.0231. The molecule has 2 aromatic carbocycles. The number of aliphatic hydroxyl groups excluding tert-OH is 1. The maximum absolute atomic E-state index is 12.9. The van der Waals surface area contributed by atoms with Crippen LogP contribution in [0.2, 0.25) is 0 Å². The number of halogens is 3. The van der Waals surface area contributed by atoms with Crippen molar-refractivity contribution in [3.8, 4) is 5.75 Å². The molecular formula is C23H23F3N2O3. The number of alkyl halides is 3. The first-order valence-corrected chi connectivity index (χ1v) is 9.76. The maximum Gasteiger partial charge on any atom is 0.416 e. The quantitative estimate of drug-likeness (QED) is 0.682. The Bertz CT molecular complexity index is 969. The smallest absolute Gasteiger partial charge is 0.416 e. The van der Waals surface area contributed by atoms with Crippen molar-refractivity contribution in [2.75, 3.05) is 13.2 Å². The van der Waals surface area contributed by atoms with E-state index in [-0.39, 0.29) is 24.8 Å². The van der Waals surface area contributed by atoms with Crippen molar-refractivity contribution in [2.24, 2.45) is 4.99 Å². The molecule has 1 aliphatic rings. The van der Waals surface area contributed by atoms with Gasteiger partial charge in [-0.05, 0) is 42.3 Å². The molecule has 0 bridgehead atoms. The Balaban J connectivity index is 1.64. The molecule has 3 rings (SSSR count). The Hall–Kier alpha value is -3.13. The van der Waals surface area contributed by atoms with Gasteiger partial charge in [-0.3, -0.25) is 9.79 Å². The normalized spacial score (nSPS) is 14.3. The van der Waals surface area contributed by atoms with Gasteiger partial charge >= 0.3 is 6.18 Å². The molecule has 0 saturated carbocycles. The van der Waals surface area contributed by atoms with Crippen molar-refractivity contribution in [3.63, 3.8) is 0 Å². The van der Waals surface area contributed by atoms with Crippen LogP contribution >= 0.6 is 0 Å². The molecule has 2 aromatic rings. The minimum absolute atomic E-state index is 0.00510. The highest BCUT2D eigenvalue weighted by Crippen LogP contribution is 2.30. The fourth-order valence-electron chi connectivity index (χ4n) is 3.14. The molecule has 0 fully saturated rings. The molecule has 1 amide bonds. The van der Waals surface area contributed by atoms with E-state index in [9.17, 15) is 23.1 Å². The van der Waals surface area contributed by atoms with Gasteiger partial charge in [-0.15, -0.1) is 0 Å². The second-order valence-electron chi connectivity index (χ2n) is 7.29. The molecule has 31 heavy (non-hydrogen) atoms. The van der Waals surface area contributed by atoms with Gasteiger partial charge in [0.25, 0.3) is 5.91 Å². The summed E-state index contributed by atoms with van der Waals surface area (Å²) in [7, 11) is 0. The summed E-state index contributed by atoms with van der Waals surface area (Å²) in [6.45, 7) is 2.09. The molecule has 1 N–H and O–H groups in total. The second-order valence-corrected chi connectivity index (χ2v) is 7.29. The van der Waals surface area contributed by atoms with Crippen molar-refractivity contribution in [1.29, 1.82) is 0 Å². The average molecular weight is 432 g/mol. The summed E-state index contributed by atoms with van der Waals surface area (Å²) in [5, 5.41) is 10.5. The molecule has 0 spiro atoms. The molecule has 164 valence electrons. The van der Waals surface area contributed by atoms with E-state index in [0.29, 0.717) is 18.5 Å². The first kappa shape index (κ1) is 22.6. The van der Waals surface area contributed by atoms with Gasteiger partial charge in [0.1, 0.15) is 18.5 Å². The predicted molar refractivity (Wildman–Crippen MR) is 111 cm³/mol. The minimum atomic E-state index is -4.42. The number of rotatable bonds is 8. The number of aliphatic hydroxyl groups is 1. The molecule has 1 aliphatic heterocycles. The van der Waals surface area contributed by atoms with E-state index in [1.54, 1.807) is 6.21 Å². The molecule has 5 nitrogen and oxygen atoms in total. The standard InChI is InChI=1S/C23H23F3N2O3/c1-16-4-2-3-5-18(16)13-28(22(30)17-10-11-27-12-17)14-20(29)15-31-21-8-6-19(7-9-21)23(24,25)26/h2-9,11-12,20,29H,10,13-15H2,1H3. The van der Waals surface area contributed by atoms with Gasteiger partial charge in [0, 0.05) is 31.0 Å². The van der Waals surface area contributed by atoms with Gasteiger partial charge in [-0.2, -0.15) is 13.2 Å². The highest BCUT2D eigenvalue weighted by molar-refractivity contribution is 5.97. The number of nitrogens with zero attached hydrogens (tertiary/aromatic N) is 2. The molecule has 8 heteroatoms. The average Bonchev–Trinajstić information content (AvgIpc) is 3.27. The van der Waals surface area contributed by atoms with Crippen LogP contribution in [0.15, 0.2) is 65.3 Å². The summed E-state index contributed by atoms with van der Waals surface area (Å²) >= 11 is 0. The molecule has 0 saturated heterocycles. The number of carbonyl (C=O) groups excluding carboxylic acids is 1. The highest BCUT2D eigenvalue weighted by atomic mass is 19.4. The van der Waals surface area contributed by atoms with Crippen LogP contribution in [-0.4, -0.2) is 41.4 Å². The van der Waals surface area contributed by atoms with E-state index in [0.717, 1.165) is 23.3 Å². The largest absolute Gasteiger partial charge is 0.491 e. The number of benzene rings is 2.